The lowest BCUT2D eigenvalue weighted by Crippen LogP contribution is -2.67. The van der Waals surface area contributed by atoms with Crippen LogP contribution in [-0.4, -0.2) is 221 Å². The first-order valence-corrected chi connectivity index (χ1v) is 14.1. The molecule has 4 aliphatic rings. The zero-order valence-corrected chi connectivity index (χ0v) is 23.5. The van der Waals surface area contributed by atoms with Crippen molar-refractivity contribution < 1.29 is 105 Å². The third kappa shape index (κ3) is 7.44. The predicted octanol–water partition coefficient (Wildman–Crippen LogP) is -9.75. The van der Waals surface area contributed by atoms with Gasteiger partial charge in [0.05, 0.1) is 26.4 Å². The molecule has 0 saturated carbocycles. The molecule has 4 heterocycles. The summed E-state index contributed by atoms with van der Waals surface area (Å²) in [6.45, 7) is -3.39. The van der Waals surface area contributed by atoms with Crippen molar-refractivity contribution in [2.45, 2.75) is 123 Å². The Labute approximate surface area is 254 Å². The fraction of sp³-hybridized carbons (Fsp3) is 1.00. The smallest absolute Gasteiger partial charge is 0.187 e. The van der Waals surface area contributed by atoms with Gasteiger partial charge in [-0.05, 0) is 0 Å². The highest BCUT2D eigenvalue weighted by atomic mass is 16.8. The molecule has 21 nitrogen and oxygen atoms in total. The minimum Gasteiger partial charge on any atom is -0.394 e. The maximum atomic E-state index is 10.9. The van der Waals surface area contributed by atoms with Crippen LogP contribution in [0.25, 0.3) is 0 Å². The SMILES string of the molecule is OCC1O[C@@H](O[C@@H]2C(CO)O[C@@H](O[C@@H]3C(CO)O[C@@H](O[C@@H]4C(CO)O[C@@H](O)C(O)C4O)C(O)C3O)C(O)C2O)C(O)C(O)[C@@H]1O. The Morgan fingerprint density at radius 3 is 1.02 bits per heavy atom. The van der Waals surface area contributed by atoms with Crippen LogP contribution in [0, 0.1) is 0 Å². The van der Waals surface area contributed by atoms with Crippen LogP contribution < -0.4 is 0 Å². The second-order valence-electron chi connectivity index (χ2n) is 11.1. The molecule has 0 spiro atoms. The lowest BCUT2D eigenvalue weighted by Gasteiger charge is -2.49. The van der Waals surface area contributed by atoms with Gasteiger partial charge in [-0.2, -0.15) is 0 Å². The molecule has 45 heavy (non-hydrogen) atoms. The zero-order valence-electron chi connectivity index (χ0n) is 23.5. The molecule has 21 heteroatoms. The molecule has 0 amide bonds. The lowest BCUT2D eigenvalue weighted by atomic mass is 9.95. The molecule has 0 radical (unpaired) electrons. The second kappa shape index (κ2) is 15.6. The van der Waals surface area contributed by atoms with Gasteiger partial charge in [-0.25, -0.2) is 0 Å². The first-order valence-electron chi connectivity index (χ1n) is 14.1. The van der Waals surface area contributed by atoms with Crippen LogP contribution in [0.15, 0.2) is 0 Å². The number of aliphatic hydroxyl groups is 14. The van der Waals surface area contributed by atoms with Gasteiger partial charge in [-0.3, -0.25) is 0 Å². The van der Waals surface area contributed by atoms with Gasteiger partial charge in [0.2, 0.25) is 0 Å². The van der Waals surface area contributed by atoms with Crippen molar-refractivity contribution in [2.75, 3.05) is 26.4 Å². The van der Waals surface area contributed by atoms with E-state index in [2.05, 4.69) is 0 Å². The Morgan fingerprint density at radius 1 is 0.333 bits per heavy atom. The summed E-state index contributed by atoms with van der Waals surface area (Å²) >= 11 is 0. The van der Waals surface area contributed by atoms with Gasteiger partial charge >= 0.3 is 0 Å². The second-order valence-corrected chi connectivity index (χ2v) is 11.1. The molecule has 20 atom stereocenters. The van der Waals surface area contributed by atoms with Gasteiger partial charge in [0, 0.05) is 0 Å². The Balaban J connectivity index is 1.43. The van der Waals surface area contributed by atoms with Crippen molar-refractivity contribution in [1.82, 2.24) is 0 Å². The fourth-order valence-electron chi connectivity index (χ4n) is 5.55. The molecule has 4 fully saturated rings. The maximum absolute atomic E-state index is 10.9. The van der Waals surface area contributed by atoms with Crippen LogP contribution in [0.3, 0.4) is 0 Å². The zero-order chi connectivity index (χ0) is 33.3. The van der Waals surface area contributed by atoms with Crippen molar-refractivity contribution in [1.29, 1.82) is 0 Å². The highest BCUT2D eigenvalue weighted by Gasteiger charge is 2.55. The molecule has 4 saturated heterocycles. The predicted molar refractivity (Wildman–Crippen MR) is 134 cm³/mol. The molecule has 264 valence electrons. The minimum atomic E-state index is -2.02. The normalized spacial score (nSPS) is 52.9. The minimum absolute atomic E-state index is 0.784. The summed E-state index contributed by atoms with van der Waals surface area (Å²) in [6.07, 6.45) is -35.3. The van der Waals surface area contributed by atoms with Crippen LogP contribution >= 0.6 is 0 Å². The summed E-state index contributed by atoms with van der Waals surface area (Å²) in [5, 5.41) is 142. The van der Waals surface area contributed by atoms with Gasteiger partial charge in [-0.15, -0.1) is 0 Å². The summed E-state index contributed by atoms with van der Waals surface area (Å²) in [5.74, 6) is 0. The fourth-order valence-corrected chi connectivity index (χ4v) is 5.55. The topological polar surface area (TPSA) is 348 Å². The van der Waals surface area contributed by atoms with Crippen molar-refractivity contribution in [3.63, 3.8) is 0 Å². The number of aliphatic hydroxyl groups excluding tert-OH is 14. The van der Waals surface area contributed by atoms with Crippen molar-refractivity contribution in [3.05, 3.63) is 0 Å². The molecular weight excluding hydrogens is 624 g/mol. The van der Waals surface area contributed by atoms with Crippen LogP contribution in [0.4, 0.5) is 0 Å². The van der Waals surface area contributed by atoms with Gasteiger partial charge in [-0.1, -0.05) is 0 Å². The molecule has 0 bridgehead atoms. The monoisotopic (exact) mass is 666 g/mol. The van der Waals surface area contributed by atoms with Gasteiger partial charge in [0.1, 0.15) is 97.7 Å². The Bertz CT molecular complexity index is 910. The molecule has 0 aromatic heterocycles. The molecule has 0 aromatic carbocycles. The van der Waals surface area contributed by atoms with E-state index < -0.39 is 149 Å². The first-order chi connectivity index (χ1) is 21.3. The summed E-state index contributed by atoms with van der Waals surface area (Å²) in [5.41, 5.74) is 0. The average Bonchev–Trinajstić information content (AvgIpc) is 3.03. The van der Waals surface area contributed by atoms with Crippen LogP contribution in [0.2, 0.25) is 0 Å². The number of hydrogen-bond acceptors (Lipinski definition) is 21. The summed E-state index contributed by atoms with van der Waals surface area (Å²) in [6, 6.07) is 0. The van der Waals surface area contributed by atoms with E-state index in [4.69, 9.17) is 33.2 Å². The molecule has 0 aliphatic carbocycles. The summed E-state index contributed by atoms with van der Waals surface area (Å²) in [7, 11) is 0. The van der Waals surface area contributed by atoms with E-state index in [1.807, 2.05) is 0 Å². The largest absolute Gasteiger partial charge is 0.394 e. The third-order valence-electron chi connectivity index (χ3n) is 8.20. The van der Waals surface area contributed by atoms with E-state index in [0.29, 0.717) is 0 Å². The van der Waals surface area contributed by atoms with E-state index in [-0.39, 0.29) is 0 Å². The molecule has 0 aromatic rings. The Morgan fingerprint density at radius 2 is 0.644 bits per heavy atom. The average molecular weight is 667 g/mol. The Hall–Kier alpha value is -0.840. The van der Waals surface area contributed by atoms with Gasteiger partial charge in [0.15, 0.2) is 25.2 Å². The summed E-state index contributed by atoms with van der Waals surface area (Å²) < 4.78 is 37.7. The standard InChI is InChI=1S/C24H42O21/c25-1-5-9(29)10(30)15(35)22(40-5)44-19-7(3-27)42-24(17(37)12(19)32)45-20-8(4-28)41-23(16(36)13(20)33)43-18-6(2-26)39-21(38)14(34)11(18)31/h5-38H,1-4H2/t5?,6?,7?,8?,9-,10?,11?,12?,13?,14?,15?,16?,17?,18-,19-,20-,21-,22+,23+,24+/m1/s1. The van der Waals surface area contributed by atoms with E-state index >= 15 is 0 Å². The van der Waals surface area contributed by atoms with Crippen LogP contribution in [0.5, 0.6) is 0 Å². The highest BCUT2D eigenvalue weighted by molar-refractivity contribution is 4.97. The first kappa shape index (κ1) is 37.0. The van der Waals surface area contributed by atoms with Crippen LogP contribution in [0.1, 0.15) is 0 Å². The Kier molecular flexibility index (Phi) is 12.8. The number of hydrogen-bond donors (Lipinski definition) is 14. The molecule has 4 rings (SSSR count). The van der Waals surface area contributed by atoms with Gasteiger partial charge in [0.25, 0.3) is 0 Å². The third-order valence-corrected chi connectivity index (χ3v) is 8.20. The van der Waals surface area contributed by atoms with Crippen molar-refractivity contribution >= 4 is 0 Å². The van der Waals surface area contributed by atoms with Crippen molar-refractivity contribution in [2.24, 2.45) is 0 Å². The van der Waals surface area contributed by atoms with E-state index in [9.17, 15) is 71.5 Å². The van der Waals surface area contributed by atoms with Gasteiger partial charge < -0.3 is 105 Å². The number of rotatable bonds is 10. The maximum Gasteiger partial charge on any atom is 0.187 e. The highest BCUT2D eigenvalue weighted by Crippen LogP contribution is 2.34. The van der Waals surface area contributed by atoms with E-state index in [1.165, 1.54) is 0 Å². The van der Waals surface area contributed by atoms with E-state index in [0.717, 1.165) is 0 Å². The van der Waals surface area contributed by atoms with Crippen LogP contribution in [-0.2, 0) is 33.2 Å². The molecule has 14 N–H and O–H groups in total. The molecular formula is C24H42O21. The molecule has 12 unspecified atom stereocenters. The number of ether oxygens (including phenoxy) is 7. The summed E-state index contributed by atoms with van der Waals surface area (Å²) in [4.78, 5) is 0. The lowest BCUT2D eigenvalue weighted by molar-refractivity contribution is -0.387. The quantitative estimate of drug-likeness (QED) is 0.103. The molecule has 4 aliphatic heterocycles. The van der Waals surface area contributed by atoms with Crippen molar-refractivity contribution in [3.8, 4) is 0 Å². The van der Waals surface area contributed by atoms with E-state index in [1.54, 1.807) is 0 Å².